The molecule has 6 nitrogen and oxygen atoms in total. The number of carbonyl (C=O) groups excluding carboxylic acids is 1. The maximum Gasteiger partial charge on any atom is 0.269 e. The lowest BCUT2D eigenvalue weighted by Gasteiger charge is -2.36. The molecule has 0 unspecified atom stereocenters. The second kappa shape index (κ2) is 8.71. The molecule has 7 heteroatoms. The third-order valence-corrected chi connectivity index (χ3v) is 5.36. The Morgan fingerprint density at radius 2 is 1.77 bits per heavy atom. The summed E-state index contributed by atoms with van der Waals surface area (Å²) in [5.74, 6) is 1.12. The van der Waals surface area contributed by atoms with Crippen LogP contribution in [0.3, 0.4) is 0 Å². The lowest BCUT2D eigenvalue weighted by atomic mass is 10.2. The number of nitro groups is 1. The molecule has 2 aromatic carbocycles. The van der Waals surface area contributed by atoms with Crippen molar-refractivity contribution in [3.8, 4) is 0 Å². The summed E-state index contributed by atoms with van der Waals surface area (Å²) >= 11 is 1.50. The number of non-ortho nitro benzene ring substituents is 1. The molecule has 1 amide bonds. The van der Waals surface area contributed by atoms with E-state index < -0.39 is 4.92 Å². The standard InChI is InChI=1S/C19H21N3O3S/c23-19(15-26-14-16-5-4-8-18(13-16)22(24)25)21-11-9-20(10-12-21)17-6-2-1-3-7-17/h1-8,13H,9-12,14-15H2. The minimum absolute atomic E-state index is 0.0893. The maximum atomic E-state index is 12.4. The minimum Gasteiger partial charge on any atom is -0.368 e. The Hall–Kier alpha value is -2.54. The fraction of sp³-hybridized carbons (Fsp3) is 0.316. The second-order valence-electron chi connectivity index (χ2n) is 6.12. The summed E-state index contributed by atoms with van der Waals surface area (Å²) < 4.78 is 0. The van der Waals surface area contributed by atoms with E-state index in [-0.39, 0.29) is 11.6 Å². The molecule has 1 aliphatic rings. The van der Waals surface area contributed by atoms with Crippen LogP contribution in [-0.4, -0.2) is 47.7 Å². The van der Waals surface area contributed by atoms with Crippen LogP contribution in [-0.2, 0) is 10.5 Å². The van der Waals surface area contributed by atoms with Gasteiger partial charge in [-0.15, -0.1) is 11.8 Å². The smallest absolute Gasteiger partial charge is 0.269 e. The van der Waals surface area contributed by atoms with Gasteiger partial charge in [0.15, 0.2) is 0 Å². The molecule has 0 aromatic heterocycles. The van der Waals surface area contributed by atoms with Gasteiger partial charge in [0, 0.05) is 49.8 Å². The van der Waals surface area contributed by atoms with Crippen molar-refractivity contribution in [1.29, 1.82) is 0 Å². The number of hydrogen-bond donors (Lipinski definition) is 0. The summed E-state index contributed by atoms with van der Waals surface area (Å²) in [5.41, 5.74) is 2.15. The second-order valence-corrected chi connectivity index (χ2v) is 7.11. The van der Waals surface area contributed by atoms with E-state index in [1.807, 2.05) is 29.2 Å². The number of anilines is 1. The molecule has 1 aliphatic heterocycles. The highest BCUT2D eigenvalue weighted by molar-refractivity contribution is 7.99. The van der Waals surface area contributed by atoms with E-state index in [1.54, 1.807) is 12.1 Å². The molecule has 1 heterocycles. The van der Waals surface area contributed by atoms with E-state index in [0.717, 1.165) is 31.7 Å². The quantitative estimate of drug-likeness (QED) is 0.576. The molecular formula is C19H21N3O3S. The molecule has 3 rings (SSSR count). The average Bonchev–Trinajstić information content (AvgIpc) is 2.69. The Kier molecular flexibility index (Phi) is 6.12. The van der Waals surface area contributed by atoms with Gasteiger partial charge in [0.05, 0.1) is 10.7 Å². The van der Waals surface area contributed by atoms with E-state index in [2.05, 4.69) is 17.0 Å². The third kappa shape index (κ3) is 4.76. The van der Waals surface area contributed by atoms with Gasteiger partial charge in [-0.25, -0.2) is 0 Å². The number of nitrogens with zero attached hydrogens (tertiary/aromatic N) is 3. The van der Waals surface area contributed by atoms with Gasteiger partial charge in [-0.3, -0.25) is 14.9 Å². The summed E-state index contributed by atoms with van der Waals surface area (Å²) in [6, 6.07) is 16.8. The predicted molar refractivity (Wildman–Crippen MR) is 104 cm³/mol. The normalized spacial score (nSPS) is 14.3. The summed E-state index contributed by atoms with van der Waals surface area (Å²) in [6.07, 6.45) is 0. The average molecular weight is 371 g/mol. The number of carbonyl (C=O) groups is 1. The monoisotopic (exact) mass is 371 g/mol. The van der Waals surface area contributed by atoms with Crippen molar-refractivity contribution >= 4 is 29.0 Å². The molecule has 1 saturated heterocycles. The van der Waals surface area contributed by atoms with Gasteiger partial charge >= 0.3 is 0 Å². The zero-order chi connectivity index (χ0) is 18.4. The minimum atomic E-state index is -0.397. The number of hydrogen-bond acceptors (Lipinski definition) is 5. The predicted octanol–water partition coefficient (Wildman–Crippen LogP) is 3.18. The van der Waals surface area contributed by atoms with Gasteiger partial charge in [-0.2, -0.15) is 0 Å². The molecule has 2 aromatic rings. The number of thioether (sulfide) groups is 1. The fourth-order valence-electron chi connectivity index (χ4n) is 2.96. The topological polar surface area (TPSA) is 66.7 Å². The van der Waals surface area contributed by atoms with Crippen LogP contribution in [0.1, 0.15) is 5.56 Å². The SMILES string of the molecule is O=C(CSCc1cccc([N+](=O)[O-])c1)N1CCN(c2ccccc2)CC1. The van der Waals surface area contributed by atoms with Crippen molar-refractivity contribution in [2.75, 3.05) is 36.8 Å². The van der Waals surface area contributed by atoms with Crippen LogP contribution in [0.5, 0.6) is 0 Å². The van der Waals surface area contributed by atoms with Gasteiger partial charge < -0.3 is 9.80 Å². The van der Waals surface area contributed by atoms with Crippen molar-refractivity contribution < 1.29 is 9.72 Å². The molecular weight excluding hydrogens is 350 g/mol. The highest BCUT2D eigenvalue weighted by Crippen LogP contribution is 2.19. The fourth-order valence-corrected chi connectivity index (χ4v) is 3.83. The van der Waals surface area contributed by atoms with Crippen LogP contribution >= 0.6 is 11.8 Å². The molecule has 26 heavy (non-hydrogen) atoms. The molecule has 0 aliphatic carbocycles. The van der Waals surface area contributed by atoms with Crippen LogP contribution in [0.15, 0.2) is 54.6 Å². The Labute approximate surface area is 156 Å². The van der Waals surface area contributed by atoms with Crippen LogP contribution in [0.2, 0.25) is 0 Å². The zero-order valence-corrected chi connectivity index (χ0v) is 15.2. The number of benzene rings is 2. The Bertz CT molecular complexity index is 762. The van der Waals surface area contributed by atoms with Gasteiger partial charge in [0.2, 0.25) is 5.91 Å². The Morgan fingerprint density at radius 1 is 1.04 bits per heavy atom. The first-order chi connectivity index (χ1) is 12.6. The van der Waals surface area contributed by atoms with Crippen LogP contribution in [0, 0.1) is 10.1 Å². The lowest BCUT2D eigenvalue weighted by molar-refractivity contribution is -0.384. The molecule has 136 valence electrons. The summed E-state index contributed by atoms with van der Waals surface area (Å²) in [7, 11) is 0. The highest BCUT2D eigenvalue weighted by atomic mass is 32.2. The first-order valence-corrected chi connectivity index (χ1v) is 9.68. The van der Waals surface area contributed by atoms with Gasteiger partial charge in [0.25, 0.3) is 5.69 Å². The molecule has 0 saturated carbocycles. The first-order valence-electron chi connectivity index (χ1n) is 8.52. The molecule has 0 radical (unpaired) electrons. The number of amides is 1. The number of piperazine rings is 1. The third-order valence-electron chi connectivity index (χ3n) is 4.37. The summed E-state index contributed by atoms with van der Waals surface area (Å²) in [4.78, 5) is 27.0. The molecule has 0 N–H and O–H groups in total. The van der Waals surface area contributed by atoms with Crippen molar-refractivity contribution in [2.45, 2.75) is 5.75 Å². The largest absolute Gasteiger partial charge is 0.368 e. The maximum absolute atomic E-state index is 12.4. The number of para-hydroxylation sites is 1. The van der Waals surface area contributed by atoms with Gasteiger partial charge in [-0.1, -0.05) is 30.3 Å². The van der Waals surface area contributed by atoms with Crippen LogP contribution < -0.4 is 4.90 Å². The van der Waals surface area contributed by atoms with Gasteiger partial charge in [-0.05, 0) is 17.7 Å². The van der Waals surface area contributed by atoms with Crippen molar-refractivity contribution in [3.05, 3.63) is 70.3 Å². The summed E-state index contributed by atoms with van der Waals surface area (Å²) in [6.45, 7) is 3.13. The van der Waals surface area contributed by atoms with E-state index in [1.165, 1.54) is 23.5 Å². The molecule has 0 spiro atoms. The van der Waals surface area contributed by atoms with Crippen LogP contribution in [0.25, 0.3) is 0 Å². The first kappa shape index (κ1) is 18.3. The number of rotatable bonds is 6. The van der Waals surface area contributed by atoms with E-state index in [0.29, 0.717) is 11.5 Å². The summed E-state index contributed by atoms with van der Waals surface area (Å²) in [5, 5.41) is 10.8. The highest BCUT2D eigenvalue weighted by Gasteiger charge is 2.21. The van der Waals surface area contributed by atoms with Gasteiger partial charge in [0.1, 0.15) is 0 Å². The van der Waals surface area contributed by atoms with Crippen molar-refractivity contribution in [3.63, 3.8) is 0 Å². The Balaban J connectivity index is 1.43. The van der Waals surface area contributed by atoms with Crippen molar-refractivity contribution in [2.24, 2.45) is 0 Å². The molecule has 1 fully saturated rings. The molecule has 0 atom stereocenters. The van der Waals surface area contributed by atoms with E-state index in [9.17, 15) is 14.9 Å². The molecule has 0 bridgehead atoms. The zero-order valence-electron chi connectivity index (χ0n) is 14.4. The Morgan fingerprint density at radius 3 is 2.46 bits per heavy atom. The number of nitro benzene ring substituents is 1. The van der Waals surface area contributed by atoms with Crippen molar-refractivity contribution in [1.82, 2.24) is 4.90 Å². The lowest BCUT2D eigenvalue weighted by Crippen LogP contribution is -2.49. The van der Waals surface area contributed by atoms with E-state index >= 15 is 0 Å². The van der Waals surface area contributed by atoms with E-state index in [4.69, 9.17) is 0 Å². The van der Waals surface area contributed by atoms with Crippen LogP contribution in [0.4, 0.5) is 11.4 Å².